The van der Waals surface area contributed by atoms with Crippen LogP contribution in [0.1, 0.15) is 25.0 Å². The van der Waals surface area contributed by atoms with E-state index in [9.17, 15) is 9.90 Å². The van der Waals surface area contributed by atoms with Gasteiger partial charge in [0.1, 0.15) is 5.75 Å². The lowest BCUT2D eigenvalue weighted by Crippen LogP contribution is -2.26. The van der Waals surface area contributed by atoms with E-state index in [1.54, 1.807) is 21.0 Å². The molecule has 0 saturated heterocycles. The summed E-state index contributed by atoms with van der Waals surface area (Å²) in [6, 6.07) is 5.95. The number of hydrogen-bond donors (Lipinski definition) is 1. The summed E-state index contributed by atoms with van der Waals surface area (Å²) in [5, 5.41) is 9.23. The lowest BCUT2D eigenvalue weighted by molar-refractivity contribution is -0.146. The molecule has 0 radical (unpaired) electrons. The molecule has 19 heavy (non-hydrogen) atoms. The Morgan fingerprint density at radius 2 is 2.00 bits per heavy atom. The van der Waals surface area contributed by atoms with E-state index >= 15 is 0 Å². The molecule has 0 bridgehead atoms. The molecule has 1 N–H and O–H groups in total. The number of hydrogen-bond acceptors (Lipinski definition) is 3. The van der Waals surface area contributed by atoms with Crippen LogP contribution in [0.2, 0.25) is 0 Å². The Labute approximate surface area is 115 Å². The van der Waals surface area contributed by atoms with Gasteiger partial charge in [-0.1, -0.05) is 12.1 Å². The van der Waals surface area contributed by atoms with Crippen molar-refractivity contribution in [2.75, 3.05) is 21.2 Å². The summed E-state index contributed by atoms with van der Waals surface area (Å²) < 4.78 is 5.32. The molecular weight excluding hydrogens is 242 g/mol. The zero-order chi connectivity index (χ0) is 14.6. The first-order valence-electron chi connectivity index (χ1n) is 6.30. The Balaban J connectivity index is 3.06. The molecule has 0 unspecified atom stereocenters. The van der Waals surface area contributed by atoms with Gasteiger partial charge in [0, 0.05) is 6.54 Å². The van der Waals surface area contributed by atoms with Gasteiger partial charge in [-0.15, -0.1) is 0 Å². The van der Waals surface area contributed by atoms with Crippen molar-refractivity contribution in [1.29, 1.82) is 0 Å². The Bertz CT molecular complexity index is 453. The molecule has 0 spiro atoms. The molecule has 4 heteroatoms. The van der Waals surface area contributed by atoms with E-state index in [-0.39, 0.29) is 0 Å². The van der Waals surface area contributed by atoms with Gasteiger partial charge in [-0.3, -0.25) is 4.79 Å². The molecule has 0 fully saturated rings. The standard InChI is InChI=1S/C15H23NO3/c1-15(2,14(17)18)9-12-8-11(10-16(3)4)6-7-13(12)19-5/h6-8H,9-10H2,1-5H3,(H,17,18). The Morgan fingerprint density at radius 3 is 2.47 bits per heavy atom. The number of rotatable bonds is 6. The van der Waals surface area contributed by atoms with E-state index in [0.29, 0.717) is 6.42 Å². The van der Waals surface area contributed by atoms with E-state index in [0.717, 1.165) is 23.4 Å². The van der Waals surface area contributed by atoms with Crippen molar-refractivity contribution in [2.45, 2.75) is 26.8 Å². The first-order valence-corrected chi connectivity index (χ1v) is 6.30. The number of carboxylic acid groups (broad SMARTS) is 1. The van der Waals surface area contributed by atoms with Gasteiger partial charge >= 0.3 is 5.97 Å². The number of carboxylic acids is 1. The molecule has 1 aromatic carbocycles. The minimum absolute atomic E-state index is 0.451. The summed E-state index contributed by atoms with van der Waals surface area (Å²) in [6.45, 7) is 4.28. The largest absolute Gasteiger partial charge is 0.496 e. The first-order chi connectivity index (χ1) is 8.76. The van der Waals surface area contributed by atoms with Crippen molar-refractivity contribution in [3.8, 4) is 5.75 Å². The van der Waals surface area contributed by atoms with Gasteiger partial charge in [0.25, 0.3) is 0 Å². The van der Waals surface area contributed by atoms with Crippen LogP contribution in [0.3, 0.4) is 0 Å². The van der Waals surface area contributed by atoms with E-state index in [1.807, 2.05) is 32.3 Å². The van der Waals surface area contributed by atoms with E-state index < -0.39 is 11.4 Å². The molecule has 1 rings (SSSR count). The first kappa shape index (κ1) is 15.5. The zero-order valence-electron chi connectivity index (χ0n) is 12.4. The van der Waals surface area contributed by atoms with Crippen LogP contribution < -0.4 is 4.74 Å². The number of methoxy groups -OCH3 is 1. The fraction of sp³-hybridized carbons (Fsp3) is 0.533. The van der Waals surface area contributed by atoms with E-state index in [2.05, 4.69) is 4.90 Å². The third-order valence-electron chi connectivity index (χ3n) is 3.05. The summed E-state index contributed by atoms with van der Waals surface area (Å²) >= 11 is 0. The second-order valence-corrected chi connectivity index (χ2v) is 5.75. The van der Waals surface area contributed by atoms with Crippen molar-refractivity contribution >= 4 is 5.97 Å². The summed E-state index contributed by atoms with van der Waals surface area (Å²) in [5.74, 6) is -0.0515. The Morgan fingerprint density at radius 1 is 1.37 bits per heavy atom. The van der Waals surface area contributed by atoms with Crippen LogP contribution in [0.25, 0.3) is 0 Å². The highest BCUT2D eigenvalue weighted by molar-refractivity contribution is 5.74. The molecule has 0 aromatic heterocycles. The van der Waals surface area contributed by atoms with Crippen LogP contribution in [0, 0.1) is 5.41 Å². The average molecular weight is 265 g/mol. The van der Waals surface area contributed by atoms with Gasteiger partial charge in [-0.05, 0) is 51.6 Å². The number of aliphatic carboxylic acids is 1. The van der Waals surface area contributed by atoms with Gasteiger partial charge < -0.3 is 14.7 Å². The topological polar surface area (TPSA) is 49.8 Å². The normalized spacial score (nSPS) is 11.7. The SMILES string of the molecule is COc1ccc(CN(C)C)cc1CC(C)(C)C(=O)O. The number of benzene rings is 1. The van der Waals surface area contributed by atoms with Crippen LogP contribution in [-0.2, 0) is 17.8 Å². The number of ether oxygens (including phenoxy) is 1. The fourth-order valence-electron chi connectivity index (χ4n) is 1.99. The van der Waals surface area contributed by atoms with Crippen molar-refractivity contribution < 1.29 is 14.6 Å². The smallest absolute Gasteiger partial charge is 0.309 e. The van der Waals surface area contributed by atoms with Gasteiger partial charge in [0.2, 0.25) is 0 Å². The molecular formula is C15H23NO3. The van der Waals surface area contributed by atoms with Gasteiger partial charge in [0.05, 0.1) is 12.5 Å². The number of nitrogens with zero attached hydrogens (tertiary/aromatic N) is 1. The maximum Gasteiger partial charge on any atom is 0.309 e. The third kappa shape index (κ3) is 4.24. The molecule has 4 nitrogen and oxygen atoms in total. The molecule has 106 valence electrons. The highest BCUT2D eigenvalue weighted by Crippen LogP contribution is 2.29. The van der Waals surface area contributed by atoms with Crippen LogP contribution in [0.15, 0.2) is 18.2 Å². The van der Waals surface area contributed by atoms with Crippen molar-refractivity contribution in [2.24, 2.45) is 5.41 Å². The minimum Gasteiger partial charge on any atom is -0.496 e. The van der Waals surface area contributed by atoms with Crippen molar-refractivity contribution in [3.63, 3.8) is 0 Å². The molecule has 0 aliphatic carbocycles. The fourth-order valence-corrected chi connectivity index (χ4v) is 1.99. The molecule has 0 aliphatic rings. The Hall–Kier alpha value is -1.55. The third-order valence-corrected chi connectivity index (χ3v) is 3.05. The lowest BCUT2D eigenvalue weighted by Gasteiger charge is -2.21. The molecule has 0 amide bonds. The van der Waals surface area contributed by atoms with E-state index in [1.165, 1.54) is 0 Å². The summed E-state index contributed by atoms with van der Waals surface area (Å²) in [5.41, 5.74) is 1.29. The zero-order valence-corrected chi connectivity index (χ0v) is 12.4. The van der Waals surface area contributed by atoms with Crippen LogP contribution >= 0.6 is 0 Å². The quantitative estimate of drug-likeness (QED) is 0.858. The van der Waals surface area contributed by atoms with Crippen molar-refractivity contribution in [3.05, 3.63) is 29.3 Å². The van der Waals surface area contributed by atoms with Crippen LogP contribution in [0.5, 0.6) is 5.75 Å². The summed E-state index contributed by atoms with van der Waals surface area (Å²) in [4.78, 5) is 13.3. The summed E-state index contributed by atoms with van der Waals surface area (Å²) in [7, 11) is 5.62. The van der Waals surface area contributed by atoms with Gasteiger partial charge in [-0.2, -0.15) is 0 Å². The second kappa shape index (κ2) is 6.06. The second-order valence-electron chi connectivity index (χ2n) is 5.75. The Kier molecular flexibility index (Phi) is 4.95. The maximum atomic E-state index is 11.2. The average Bonchev–Trinajstić information content (AvgIpc) is 2.27. The predicted molar refractivity (Wildman–Crippen MR) is 75.5 cm³/mol. The van der Waals surface area contributed by atoms with Crippen LogP contribution in [-0.4, -0.2) is 37.2 Å². The highest BCUT2D eigenvalue weighted by Gasteiger charge is 2.28. The predicted octanol–water partition coefficient (Wildman–Crippen LogP) is 2.41. The van der Waals surface area contributed by atoms with E-state index in [4.69, 9.17) is 4.74 Å². The molecule has 1 aromatic rings. The van der Waals surface area contributed by atoms with Crippen molar-refractivity contribution in [1.82, 2.24) is 4.90 Å². The molecule has 0 aliphatic heterocycles. The van der Waals surface area contributed by atoms with Crippen LogP contribution in [0.4, 0.5) is 0 Å². The molecule has 0 heterocycles. The lowest BCUT2D eigenvalue weighted by atomic mass is 9.85. The monoisotopic (exact) mass is 265 g/mol. The molecule has 0 saturated carbocycles. The van der Waals surface area contributed by atoms with Gasteiger partial charge in [-0.25, -0.2) is 0 Å². The maximum absolute atomic E-state index is 11.2. The minimum atomic E-state index is -0.802. The van der Waals surface area contributed by atoms with Gasteiger partial charge in [0.15, 0.2) is 0 Å². The molecule has 0 atom stereocenters. The summed E-state index contributed by atoms with van der Waals surface area (Å²) in [6.07, 6.45) is 0.451. The highest BCUT2D eigenvalue weighted by atomic mass is 16.5. The number of carbonyl (C=O) groups is 1.